The molecule has 0 aliphatic heterocycles. The standard InChI is InChI=1S/C9H5BrF5NO3/c10-7-6(19-9(13,14)15)3(1-5(17)18)4(2-16-7)8(11)12/h2,8H,1H2,(H,17,18). The molecule has 0 aliphatic rings. The van der Waals surface area contributed by atoms with E-state index in [4.69, 9.17) is 5.11 Å². The van der Waals surface area contributed by atoms with Crippen molar-refractivity contribution in [3.8, 4) is 5.75 Å². The van der Waals surface area contributed by atoms with Gasteiger partial charge in [0.25, 0.3) is 6.43 Å². The topological polar surface area (TPSA) is 59.4 Å². The Kier molecular flexibility index (Phi) is 4.66. The van der Waals surface area contributed by atoms with Gasteiger partial charge in [0.15, 0.2) is 5.75 Å². The van der Waals surface area contributed by atoms with Crippen LogP contribution in [0.1, 0.15) is 17.6 Å². The summed E-state index contributed by atoms with van der Waals surface area (Å²) in [6.07, 6.45) is -8.79. The number of ether oxygens (including phenoxy) is 1. The quantitative estimate of drug-likeness (QED) is 0.669. The van der Waals surface area contributed by atoms with Gasteiger partial charge in [0.1, 0.15) is 4.60 Å². The molecule has 0 saturated carbocycles. The lowest BCUT2D eigenvalue weighted by Crippen LogP contribution is -2.20. The van der Waals surface area contributed by atoms with Crippen molar-refractivity contribution < 1.29 is 36.6 Å². The Labute approximate surface area is 111 Å². The van der Waals surface area contributed by atoms with E-state index in [9.17, 15) is 26.7 Å². The molecule has 1 aromatic rings. The summed E-state index contributed by atoms with van der Waals surface area (Å²) >= 11 is 2.60. The third-order valence-electron chi connectivity index (χ3n) is 1.91. The van der Waals surface area contributed by atoms with Crippen LogP contribution in [-0.4, -0.2) is 22.4 Å². The van der Waals surface area contributed by atoms with Crippen LogP contribution in [0.4, 0.5) is 22.0 Å². The molecule has 1 N–H and O–H groups in total. The van der Waals surface area contributed by atoms with E-state index < -0.39 is 46.7 Å². The number of pyridine rings is 1. The minimum Gasteiger partial charge on any atom is -0.481 e. The van der Waals surface area contributed by atoms with Crippen LogP contribution in [0.15, 0.2) is 10.8 Å². The molecule has 106 valence electrons. The maximum atomic E-state index is 12.6. The van der Waals surface area contributed by atoms with Crippen LogP contribution in [0.3, 0.4) is 0 Å². The Hall–Kier alpha value is -1.45. The minimum atomic E-state index is -5.15. The molecule has 4 nitrogen and oxygen atoms in total. The lowest BCUT2D eigenvalue weighted by molar-refractivity contribution is -0.275. The number of rotatable bonds is 4. The zero-order chi connectivity index (χ0) is 14.8. The molecule has 0 aliphatic carbocycles. The predicted octanol–water partition coefficient (Wildman–Crippen LogP) is 3.31. The maximum absolute atomic E-state index is 12.6. The maximum Gasteiger partial charge on any atom is 0.573 e. The Morgan fingerprint density at radius 2 is 2.05 bits per heavy atom. The highest BCUT2D eigenvalue weighted by molar-refractivity contribution is 9.10. The lowest BCUT2D eigenvalue weighted by atomic mass is 10.1. The SMILES string of the molecule is O=C(O)Cc1c(C(F)F)cnc(Br)c1OC(F)(F)F. The number of halogens is 6. The molecule has 0 atom stereocenters. The summed E-state index contributed by atoms with van der Waals surface area (Å²) in [5.41, 5.74) is -1.70. The fraction of sp³-hybridized carbons (Fsp3) is 0.333. The van der Waals surface area contributed by atoms with Gasteiger partial charge in [-0.1, -0.05) is 0 Å². The van der Waals surface area contributed by atoms with Crippen molar-refractivity contribution >= 4 is 21.9 Å². The molecular formula is C9H5BrF5NO3. The van der Waals surface area contributed by atoms with E-state index in [2.05, 4.69) is 25.7 Å². The molecule has 0 bridgehead atoms. The first kappa shape index (κ1) is 15.6. The molecule has 0 fully saturated rings. The lowest BCUT2D eigenvalue weighted by Gasteiger charge is -2.16. The van der Waals surface area contributed by atoms with E-state index in [1.54, 1.807) is 0 Å². The van der Waals surface area contributed by atoms with Crippen molar-refractivity contribution in [2.75, 3.05) is 0 Å². The summed E-state index contributed by atoms with van der Waals surface area (Å²) in [5.74, 6) is -2.65. The number of carboxylic acid groups (broad SMARTS) is 1. The summed E-state index contributed by atoms with van der Waals surface area (Å²) in [6, 6.07) is 0. The Bertz CT molecular complexity index is 491. The molecule has 0 aromatic carbocycles. The van der Waals surface area contributed by atoms with E-state index >= 15 is 0 Å². The molecule has 19 heavy (non-hydrogen) atoms. The largest absolute Gasteiger partial charge is 0.573 e. The number of hydrogen-bond acceptors (Lipinski definition) is 3. The summed E-state index contributed by atoms with van der Waals surface area (Å²) in [7, 11) is 0. The van der Waals surface area contributed by atoms with Gasteiger partial charge in [-0.05, 0) is 15.9 Å². The summed E-state index contributed by atoms with van der Waals surface area (Å²) < 4.78 is 64.8. The van der Waals surface area contributed by atoms with Crippen molar-refractivity contribution in [2.45, 2.75) is 19.2 Å². The van der Waals surface area contributed by atoms with Crippen LogP contribution in [0.25, 0.3) is 0 Å². The monoisotopic (exact) mass is 349 g/mol. The third-order valence-corrected chi connectivity index (χ3v) is 2.47. The molecule has 1 aromatic heterocycles. The first-order chi connectivity index (χ1) is 8.61. The highest BCUT2D eigenvalue weighted by Gasteiger charge is 2.35. The van der Waals surface area contributed by atoms with Crippen molar-refractivity contribution in [1.82, 2.24) is 4.98 Å². The van der Waals surface area contributed by atoms with Gasteiger partial charge in [-0.25, -0.2) is 13.8 Å². The normalized spacial score (nSPS) is 11.7. The zero-order valence-corrected chi connectivity index (χ0v) is 10.4. The highest BCUT2D eigenvalue weighted by Crippen LogP contribution is 2.37. The van der Waals surface area contributed by atoms with Gasteiger partial charge in [-0.2, -0.15) is 0 Å². The van der Waals surface area contributed by atoms with Crippen molar-refractivity contribution in [2.24, 2.45) is 0 Å². The van der Waals surface area contributed by atoms with Gasteiger partial charge in [0.05, 0.1) is 6.42 Å². The first-order valence-electron chi connectivity index (χ1n) is 4.54. The van der Waals surface area contributed by atoms with Gasteiger partial charge in [-0.3, -0.25) is 4.79 Å². The van der Waals surface area contributed by atoms with Crippen LogP contribution < -0.4 is 4.74 Å². The Morgan fingerprint density at radius 3 is 2.47 bits per heavy atom. The number of nitrogens with zero attached hydrogens (tertiary/aromatic N) is 1. The molecule has 0 saturated heterocycles. The summed E-state index contributed by atoms with van der Waals surface area (Å²) in [5, 5.41) is 8.57. The van der Waals surface area contributed by atoms with Gasteiger partial charge < -0.3 is 9.84 Å². The Balaban J connectivity index is 3.39. The molecule has 0 spiro atoms. The van der Waals surface area contributed by atoms with Crippen molar-refractivity contribution in [3.05, 3.63) is 21.9 Å². The molecule has 0 amide bonds. The zero-order valence-electron chi connectivity index (χ0n) is 8.84. The van der Waals surface area contributed by atoms with E-state index in [0.717, 1.165) is 0 Å². The van der Waals surface area contributed by atoms with Crippen LogP contribution in [-0.2, 0) is 11.2 Å². The molecule has 10 heteroatoms. The van der Waals surface area contributed by atoms with E-state index in [-0.39, 0.29) is 0 Å². The minimum absolute atomic E-state index is 0.509. The fourth-order valence-electron chi connectivity index (χ4n) is 1.26. The van der Waals surface area contributed by atoms with E-state index in [1.807, 2.05) is 0 Å². The summed E-state index contributed by atoms with van der Waals surface area (Å²) in [4.78, 5) is 13.8. The molecule has 1 rings (SSSR count). The van der Waals surface area contributed by atoms with Gasteiger partial charge in [-0.15, -0.1) is 13.2 Å². The van der Waals surface area contributed by atoms with E-state index in [0.29, 0.717) is 6.20 Å². The average Bonchev–Trinajstić information content (AvgIpc) is 2.20. The van der Waals surface area contributed by atoms with E-state index in [1.165, 1.54) is 0 Å². The molecular weight excluding hydrogens is 345 g/mol. The second-order valence-electron chi connectivity index (χ2n) is 3.23. The van der Waals surface area contributed by atoms with Crippen molar-refractivity contribution in [1.29, 1.82) is 0 Å². The summed E-state index contributed by atoms with van der Waals surface area (Å²) in [6.45, 7) is 0. The Morgan fingerprint density at radius 1 is 1.47 bits per heavy atom. The van der Waals surface area contributed by atoms with Crippen LogP contribution in [0.2, 0.25) is 0 Å². The number of hydrogen-bond donors (Lipinski definition) is 1. The molecule has 1 heterocycles. The van der Waals surface area contributed by atoms with Gasteiger partial charge in [0.2, 0.25) is 0 Å². The second-order valence-corrected chi connectivity index (χ2v) is 3.98. The smallest absolute Gasteiger partial charge is 0.481 e. The number of aromatic nitrogens is 1. The van der Waals surface area contributed by atoms with Crippen LogP contribution in [0.5, 0.6) is 5.75 Å². The van der Waals surface area contributed by atoms with Gasteiger partial charge in [0, 0.05) is 17.3 Å². The average molecular weight is 350 g/mol. The van der Waals surface area contributed by atoms with Crippen molar-refractivity contribution in [3.63, 3.8) is 0 Å². The second kappa shape index (κ2) is 5.68. The fourth-order valence-corrected chi connectivity index (χ4v) is 1.68. The van der Waals surface area contributed by atoms with Gasteiger partial charge >= 0.3 is 12.3 Å². The number of carboxylic acids is 1. The molecule has 0 unspecified atom stereocenters. The first-order valence-corrected chi connectivity index (χ1v) is 5.34. The number of alkyl halides is 5. The van der Waals surface area contributed by atoms with Crippen LogP contribution in [0, 0.1) is 0 Å². The van der Waals surface area contributed by atoms with Crippen LogP contribution >= 0.6 is 15.9 Å². The number of carbonyl (C=O) groups is 1. The predicted molar refractivity (Wildman–Crippen MR) is 54.9 cm³/mol. The number of aliphatic carboxylic acids is 1. The highest BCUT2D eigenvalue weighted by atomic mass is 79.9. The molecule has 0 radical (unpaired) electrons. The third kappa shape index (κ3) is 4.30.